The summed E-state index contributed by atoms with van der Waals surface area (Å²) >= 11 is 6.15. The highest BCUT2D eigenvalue weighted by Crippen LogP contribution is 2.45. The molecule has 0 fully saturated rings. The molecule has 1 aliphatic carbocycles. The number of carbonyl (C=O) groups excluding carboxylic acids is 2. The number of hydrogen-bond donors (Lipinski definition) is 0. The maximum Gasteiger partial charge on any atom is 0.303 e. The molecule has 0 amide bonds. The molecular formula is C19H18ClNO4. The highest BCUT2D eigenvalue weighted by Gasteiger charge is 2.52. The third-order valence-corrected chi connectivity index (χ3v) is 5.10. The number of aromatic nitrogens is 1. The highest BCUT2D eigenvalue weighted by atomic mass is 35.5. The Balaban J connectivity index is 2.35. The summed E-state index contributed by atoms with van der Waals surface area (Å²) in [4.78, 5) is 37.1. The van der Waals surface area contributed by atoms with E-state index in [0.717, 1.165) is 0 Å². The summed E-state index contributed by atoms with van der Waals surface area (Å²) in [6.07, 6.45) is 1.63. The van der Waals surface area contributed by atoms with Crippen LogP contribution in [-0.2, 0) is 9.53 Å². The summed E-state index contributed by atoms with van der Waals surface area (Å²) < 4.78 is 7.10. The molecule has 0 spiro atoms. The van der Waals surface area contributed by atoms with Crippen LogP contribution in [0, 0.1) is 5.92 Å². The van der Waals surface area contributed by atoms with Crippen LogP contribution in [0.5, 0.6) is 0 Å². The van der Waals surface area contributed by atoms with E-state index in [1.165, 1.54) is 17.6 Å². The first kappa shape index (κ1) is 17.4. The van der Waals surface area contributed by atoms with Gasteiger partial charge in [-0.25, -0.2) is 0 Å². The number of hydrogen-bond acceptors (Lipinski definition) is 4. The van der Waals surface area contributed by atoms with E-state index in [1.807, 2.05) is 0 Å². The molecule has 0 bridgehead atoms. The predicted octanol–water partition coefficient (Wildman–Crippen LogP) is 3.25. The Labute approximate surface area is 150 Å². The first-order chi connectivity index (χ1) is 11.8. The number of nitrogens with zero attached hydrogens (tertiary/aromatic N) is 1. The first-order valence-corrected chi connectivity index (χ1v) is 8.34. The SMILES string of the molecule is CC(=O)OC1(C)[C@H](C)C(=O)c2ccc(Cl)cc2[C@H]1n1ccccc1=O. The van der Waals surface area contributed by atoms with Gasteiger partial charge in [0.25, 0.3) is 5.56 Å². The molecule has 6 heteroatoms. The standard InChI is InChI=1S/C19H18ClNO4/c1-11-17(24)14-8-7-13(20)10-15(14)18(19(11,3)25-12(2)22)21-9-5-4-6-16(21)23/h4-11,18H,1-3H3/t11-,18-,19?/m1/s1. The van der Waals surface area contributed by atoms with Crippen molar-refractivity contribution in [2.45, 2.75) is 32.4 Å². The molecule has 1 unspecified atom stereocenters. The van der Waals surface area contributed by atoms with Crippen molar-refractivity contribution < 1.29 is 14.3 Å². The van der Waals surface area contributed by atoms with Crippen LogP contribution in [0.4, 0.5) is 0 Å². The van der Waals surface area contributed by atoms with Gasteiger partial charge < -0.3 is 9.30 Å². The Morgan fingerprint density at radius 3 is 2.60 bits per heavy atom. The van der Waals surface area contributed by atoms with Crippen LogP contribution in [0.2, 0.25) is 5.02 Å². The fraction of sp³-hybridized carbons (Fsp3) is 0.316. The normalized spacial score (nSPS) is 25.4. The number of rotatable bonds is 2. The van der Waals surface area contributed by atoms with Crippen molar-refractivity contribution in [3.05, 3.63) is 69.1 Å². The summed E-state index contributed by atoms with van der Waals surface area (Å²) in [5, 5.41) is 0.445. The number of pyridine rings is 1. The third-order valence-electron chi connectivity index (χ3n) is 4.86. The van der Waals surface area contributed by atoms with E-state index in [1.54, 1.807) is 50.4 Å². The predicted molar refractivity (Wildman–Crippen MR) is 94.0 cm³/mol. The highest BCUT2D eigenvalue weighted by molar-refractivity contribution is 6.30. The number of benzene rings is 1. The number of fused-ring (bicyclic) bond motifs is 1. The third kappa shape index (κ3) is 2.78. The van der Waals surface area contributed by atoms with Crippen molar-refractivity contribution in [2.24, 2.45) is 5.92 Å². The average Bonchev–Trinajstić information content (AvgIpc) is 2.54. The molecule has 5 nitrogen and oxygen atoms in total. The van der Waals surface area contributed by atoms with Gasteiger partial charge in [-0.3, -0.25) is 14.4 Å². The molecule has 0 N–H and O–H groups in total. The van der Waals surface area contributed by atoms with Gasteiger partial charge in [-0.2, -0.15) is 0 Å². The van der Waals surface area contributed by atoms with Crippen molar-refractivity contribution >= 4 is 23.4 Å². The van der Waals surface area contributed by atoms with Crippen molar-refractivity contribution in [1.82, 2.24) is 4.57 Å². The molecule has 0 radical (unpaired) electrons. The van der Waals surface area contributed by atoms with E-state index in [0.29, 0.717) is 16.1 Å². The molecule has 130 valence electrons. The molecule has 0 saturated carbocycles. The molecule has 25 heavy (non-hydrogen) atoms. The van der Waals surface area contributed by atoms with Crippen molar-refractivity contribution in [3.8, 4) is 0 Å². The van der Waals surface area contributed by atoms with Gasteiger partial charge in [-0.05, 0) is 36.8 Å². The van der Waals surface area contributed by atoms with Crippen LogP contribution in [0.3, 0.4) is 0 Å². The summed E-state index contributed by atoms with van der Waals surface area (Å²) in [5.74, 6) is -1.28. The van der Waals surface area contributed by atoms with Gasteiger partial charge in [-0.1, -0.05) is 24.6 Å². The maximum atomic E-state index is 12.9. The van der Waals surface area contributed by atoms with Gasteiger partial charge in [0.2, 0.25) is 0 Å². The molecular weight excluding hydrogens is 342 g/mol. The second-order valence-corrected chi connectivity index (χ2v) is 6.88. The minimum Gasteiger partial charge on any atom is -0.456 e. The number of esters is 1. The molecule has 1 aromatic carbocycles. The average molecular weight is 360 g/mol. The minimum atomic E-state index is -1.22. The van der Waals surface area contributed by atoms with Gasteiger partial charge in [0, 0.05) is 29.8 Å². The van der Waals surface area contributed by atoms with Gasteiger partial charge in [0.05, 0.1) is 5.92 Å². The van der Waals surface area contributed by atoms with Crippen molar-refractivity contribution in [2.75, 3.05) is 0 Å². The fourth-order valence-electron chi connectivity index (χ4n) is 3.56. The first-order valence-electron chi connectivity index (χ1n) is 7.96. The zero-order chi connectivity index (χ0) is 18.4. The molecule has 3 atom stereocenters. The Morgan fingerprint density at radius 2 is 1.96 bits per heavy atom. The molecule has 2 aromatic rings. The fourth-order valence-corrected chi connectivity index (χ4v) is 3.74. The maximum absolute atomic E-state index is 12.9. The Bertz CT molecular complexity index is 920. The van der Waals surface area contributed by atoms with Crippen molar-refractivity contribution in [1.29, 1.82) is 0 Å². The topological polar surface area (TPSA) is 65.4 Å². The molecule has 1 aliphatic rings. The summed E-state index contributed by atoms with van der Waals surface area (Å²) in [6, 6.07) is 9.09. The number of ketones is 1. The number of ether oxygens (including phenoxy) is 1. The van der Waals surface area contributed by atoms with Gasteiger partial charge in [-0.15, -0.1) is 0 Å². The van der Waals surface area contributed by atoms with E-state index in [9.17, 15) is 14.4 Å². The van der Waals surface area contributed by atoms with E-state index in [2.05, 4.69) is 0 Å². The number of carbonyl (C=O) groups is 2. The minimum absolute atomic E-state index is 0.143. The van der Waals surface area contributed by atoms with Crippen LogP contribution in [-0.4, -0.2) is 21.9 Å². The largest absolute Gasteiger partial charge is 0.456 e. The van der Waals surface area contributed by atoms with E-state index in [4.69, 9.17) is 16.3 Å². The van der Waals surface area contributed by atoms with Crippen molar-refractivity contribution in [3.63, 3.8) is 0 Å². The summed E-state index contributed by atoms with van der Waals surface area (Å²) in [5.41, 5.74) is -0.403. The van der Waals surface area contributed by atoms with Crippen LogP contribution in [0.1, 0.15) is 42.7 Å². The lowest BCUT2D eigenvalue weighted by Crippen LogP contribution is -2.54. The molecule has 1 heterocycles. The van der Waals surface area contributed by atoms with Crippen LogP contribution < -0.4 is 5.56 Å². The van der Waals surface area contributed by atoms with E-state index >= 15 is 0 Å². The second kappa shape index (κ2) is 6.15. The van der Waals surface area contributed by atoms with Gasteiger partial charge in [0.15, 0.2) is 5.78 Å². The van der Waals surface area contributed by atoms with Crippen LogP contribution in [0.15, 0.2) is 47.4 Å². The molecule has 3 rings (SSSR count). The van der Waals surface area contributed by atoms with E-state index < -0.39 is 23.5 Å². The van der Waals surface area contributed by atoms with Gasteiger partial charge >= 0.3 is 5.97 Å². The number of halogens is 1. The molecule has 0 saturated heterocycles. The lowest BCUT2D eigenvalue weighted by Gasteiger charge is -2.45. The second-order valence-electron chi connectivity index (χ2n) is 6.44. The Kier molecular flexibility index (Phi) is 4.29. The number of Topliss-reactive ketones (excluding diaryl/α,β-unsaturated/α-hetero) is 1. The molecule has 0 aliphatic heterocycles. The van der Waals surface area contributed by atoms with Crippen LogP contribution >= 0.6 is 11.6 Å². The van der Waals surface area contributed by atoms with Gasteiger partial charge in [0.1, 0.15) is 11.6 Å². The zero-order valence-electron chi connectivity index (χ0n) is 14.2. The molecule has 1 aromatic heterocycles. The summed E-state index contributed by atoms with van der Waals surface area (Å²) in [7, 11) is 0. The van der Waals surface area contributed by atoms with E-state index in [-0.39, 0.29) is 11.3 Å². The smallest absolute Gasteiger partial charge is 0.303 e. The lowest BCUT2D eigenvalue weighted by molar-refractivity contribution is -0.163. The lowest BCUT2D eigenvalue weighted by atomic mass is 9.69. The monoisotopic (exact) mass is 359 g/mol. The summed E-state index contributed by atoms with van der Waals surface area (Å²) in [6.45, 7) is 4.69. The Morgan fingerprint density at radius 1 is 1.24 bits per heavy atom. The quantitative estimate of drug-likeness (QED) is 0.772. The van der Waals surface area contributed by atoms with Crippen LogP contribution in [0.25, 0.3) is 0 Å². The zero-order valence-corrected chi connectivity index (χ0v) is 14.9. The Hall–Kier alpha value is -2.40.